The molecule has 4 nitrogen and oxygen atoms in total. The lowest BCUT2D eigenvalue weighted by atomic mass is 9.48. The molecule has 0 aromatic carbocycles. The van der Waals surface area contributed by atoms with Crippen LogP contribution in [-0.2, 0) is 4.74 Å². The molecule has 0 amide bonds. The number of fused-ring (bicyclic) bond motifs is 5. The minimum atomic E-state index is -0.166. The van der Waals surface area contributed by atoms with Crippen molar-refractivity contribution >= 4 is 0 Å². The molecule has 8 unspecified atom stereocenters. The molecule has 4 heteroatoms. The zero-order valence-corrected chi connectivity index (χ0v) is 19.9. The third kappa shape index (κ3) is 3.22. The summed E-state index contributed by atoms with van der Waals surface area (Å²) in [4.78, 5) is 5.35. The van der Waals surface area contributed by atoms with Crippen LogP contribution >= 0.6 is 0 Å². The third-order valence-electron chi connectivity index (χ3n) is 11.2. The molecule has 2 aliphatic heterocycles. The van der Waals surface area contributed by atoms with Crippen LogP contribution in [0.2, 0.25) is 0 Å². The van der Waals surface area contributed by atoms with Crippen LogP contribution in [-0.4, -0.2) is 72.5 Å². The van der Waals surface area contributed by atoms with Crippen molar-refractivity contribution in [3.8, 4) is 0 Å². The Morgan fingerprint density at radius 3 is 2.52 bits per heavy atom. The van der Waals surface area contributed by atoms with Crippen molar-refractivity contribution in [3.63, 3.8) is 0 Å². The lowest BCUT2D eigenvalue weighted by Gasteiger charge is -2.58. The largest absolute Gasteiger partial charge is 0.391 e. The molecule has 4 aliphatic carbocycles. The van der Waals surface area contributed by atoms with E-state index in [1.807, 2.05) is 5.57 Å². The van der Waals surface area contributed by atoms with Gasteiger partial charge in [-0.2, -0.15) is 0 Å². The van der Waals surface area contributed by atoms with E-state index in [0.29, 0.717) is 17.4 Å². The third-order valence-corrected chi connectivity index (χ3v) is 11.2. The highest BCUT2D eigenvalue weighted by molar-refractivity contribution is 5.26. The maximum atomic E-state index is 11.5. The minimum absolute atomic E-state index is 0.110. The number of allylic oxidation sites excluding steroid dienone is 1. The Morgan fingerprint density at radius 1 is 0.968 bits per heavy atom. The number of rotatable bonds is 2. The van der Waals surface area contributed by atoms with Gasteiger partial charge in [-0.25, -0.2) is 0 Å². The van der Waals surface area contributed by atoms with Crippen molar-refractivity contribution in [1.29, 1.82) is 0 Å². The maximum Gasteiger partial charge on any atom is 0.0751 e. The van der Waals surface area contributed by atoms with Gasteiger partial charge in [-0.15, -0.1) is 0 Å². The van der Waals surface area contributed by atoms with Crippen molar-refractivity contribution in [1.82, 2.24) is 9.80 Å². The van der Waals surface area contributed by atoms with Crippen molar-refractivity contribution in [2.45, 2.75) is 89.8 Å². The van der Waals surface area contributed by atoms with Gasteiger partial charge in [0.2, 0.25) is 0 Å². The second-order valence-electron chi connectivity index (χ2n) is 12.3. The zero-order valence-electron chi connectivity index (χ0n) is 19.9. The SMILES string of the molecule is CC12CCC(N3CCCC3)CC1=CCC1C2CCC2(C)C(O)C(N3CCOCC3)CC12. The van der Waals surface area contributed by atoms with Crippen LogP contribution in [0.25, 0.3) is 0 Å². The molecule has 3 saturated carbocycles. The summed E-state index contributed by atoms with van der Waals surface area (Å²) in [5.74, 6) is 2.29. The molecular formula is C27H44N2O2. The van der Waals surface area contributed by atoms with Crippen molar-refractivity contribution in [2.24, 2.45) is 28.6 Å². The van der Waals surface area contributed by atoms with E-state index in [0.717, 1.165) is 44.2 Å². The van der Waals surface area contributed by atoms with Crippen molar-refractivity contribution in [3.05, 3.63) is 11.6 Å². The quantitative estimate of drug-likeness (QED) is 0.672. The number of aliphatic hydroxyl groups is 1. The summed E-state index contributed by atoms with van der Waals surface area (Å²) < 4.78 is 5.61. The monoisotopic (exact) mass is 428 g/mol. The Balaban J connectivity index is 1.23. The number of likely N-dealkylation sites (tertiary alicyclic amines) is 1. The normalized spacial score (nSPS) is 51.1. The summed E-state index contributed by atoms with van der Waals surface area (Å²) in [5, 5.41) is 11.5. The molecule has 31 heavy (non-hydrogen) atoms. The van der Waals surface area contributed by atoms with Crippen molar-refractivity contribution < 1.29 is 9.84 Å². The number of aliphatic hydroxyl groups excluding tert-OH is 1. The first-order valence-electron chi connectivity index (χ1n) is 13.4. The summed E-state index contributed by atoms with van der Waals surface area (Å²) in [5.41, 5.74) is 2.34. The molecule has 2 saturated heterocycles. The van der Waals surface area contributed by atoms with Gasteiger partial charge in [0, 0.05) is 25.2 Å². The standard InChI is InChI=1S/C27H44N2O2/c1-26-9-7-20(28-11-3-4-12-28)17-19(26)5-6-21-22(26)8-10-27(2)23(21)18-24(25(27)30)29-13-15-31-16-14-29/h5,20-25,30H,3-4,6-18H2,1-2H3. The van der Waals surface area contributed by atoms with Gasteiger partial charge in [0.15, 0.2) is 0 Å². The highest BCUT2D eigenvalue weighted by Crippen LogP contribution is 2.65. The first kappa shape index (κ1) is 21.1. The van der Waals surface area contributed by atoms with Gasteiger partial charge in [-0.1, -0.05) is 25.5 Å². The number of hydrogen-bond donors (Lipinski definition) is 1. The van der Waals surface area contributed by atoms with Gasteiger partial charge in [-0.3, -0.25) is 4.90 Å². The molecule has 8 atom stereocenters. The van der Waals surface area contributed by atoms with Gasteiger partial charge in [0.1, 0.15) is 0 Å². The molecule has 0 aromatic rings. The summed E-state index contributed by atoms with van der Waals surface area (Å²) in [6.45, 7) is 11.4. The number of hydrogen-bond acceptors (Lipinski definition) is 4. The summed E-state index contributed by atoms with van der Waals surface area (Å²) >= 11 is 0. The van der Waals surface area contributed by atoms with Crippen LogP contribution in [0.3, 0.4) is 0 Å². The van der Waals surface area contributed by atoms with Crippen molar-refractivity contribution in [2.75, 3.05) is 39.4 Å². The van der Waals surface area contributed by atoms with E-state index >= 15 is 0 Å². The van der Waals surface area contributed by atoms with E-state index in [-0.39, 0.29) is 11.5 Å². The first-order valence-corrected chi connectivity index (χ1v) is 13.4. The highest BCUT2D eigenvalue weighted by Gasteiger charge is 2.61. The Hall–Kier alpha value is -0.420. The van der Waals surface area contributed by atoms with E-state index < -0.39 is 0 Å². The van der Waals surface area contributed by atoms with Gasteiger partial charge < -0.3 is 14.7 Å². The highest BCUT2D eigenvalue weighted by atomic mass is 16.5. The van der Waals surface area contributed by atoms with E-state index in [4.69, 9.17) is 4.74 Å². The minimum Gasteiger partial charge on any atom is -0.391 e. The molecule has 6 aliphatic rings. The fraction of sp³-hybridized carbons (Fsp3) is 0.926. The van der Waals surface area contributed by atoms with Crippen LogP contribution in [0.15, 0.2) is 11.6 Å². The zero-order chi connectivity index (χ0) is 21.2. The summed E-state index contributed by atoms with van der Waals surface area (Å²) in [6, 6.07) is 1.16. The summed E-state index contributed by atoms with van der Waals surface area (Å²) in [7, 11) is 0. The molecule has 0 bridgehead atoms. The van der Waals surface area contributed by atoms with Gasteiger partial charge >= 0.3 is 0 Å². The smallest absolute Gasteiger partial charge is 0.0751 e. The fourth-order valence-corrected chi connectivity index (χ4v) is 9.31. The number of morpholine rings is 1. The second-order valence-corrected chi connectivity index (χ2v) is 12.3. The average Bonchev–Trinajstić information content (AvgIpc) is 3.41. The van der Waals surface area contributed by atoms with E-state index in [2.05, 4.69) is 29.7 Å². The molecular weight excluding hydrogens is 384 g/mol. The molecule has 0 spiro atoms. The Kier molecular flexibility index (Phi) is 5.33. The summed E-state index contributed by atoms with van der Waals surface area (Å²) in [6.07, 6.45) is 14.5. The Morgan fingerprint density at radius 2 is 1.74 bits per heavy atom. The molecule has 1 N–H and O–H groups in total. The molecule has 6 rings (SSSR count). The van der Waals surface area contributed by atoms with Gasteiger partial charge in [-0.05, 0) is 99.5 Å². The molecule has 0 aromatic heterocycles. The lowest BCUT2D eigenvalue weighted by molar-refractivity contribution is -0.0806. The van der Waals surface area contributed by atoms with Crippen LogP contribution in [0.4, 0.5) is 0 Å². The van der Waals surface area contributed by atoms with E-state index in [1.54, 1.807) is 0 Å². The van der Waals surface area contributed by atoms with Gasteiger partial charge in [0.25, 0.3) is 0 Å². The number of ether oxygens (including phenoxy) is 1. The maximum absolute atomic E-state index is 11.5. The number of nitrogens with zero attached hydrogens (tertiary/aromatic N) is 2. The lowest BCUT2D eigenvalue weighted by Crippen LogP contribution is -2.53. The molecule has 2 heterocycles. The average molecular weight is 429 g/mol. The predicted octanol–water partition coefficient (Wildman–Crippen LogP) is 4.09. The van der Waals surface area contributed by atoms with Crippen LogP contribution in [0.1, 0.15) is 71.6 Å². The predicted molar refractivity (Wildman–Crippen MR) is 124 cm³/mol. The van der Waals surface area contributed by atoms with Crippen LogP contribution in [0.5, 0.6) is 0 Å². The topological polar surface area (TPSA) is 35.9 Å². The first-order chi connectivity index (χ1) is 15.0. The molecule has 5 fully saturated rings. The Bertz CT molecular complexity index is 712. The van der Waals surface area contributed by atoms with Gasteiger partial charge in [0.05, 0.1) is 19.3 Å². The van der Waals surface area contributed by atoms with E-state index in [1.165, 1.54) is 70.9 Å². The molecule has 174 valence electrons. The van der Waals surface area contributed by atoms with E-state index in [9.17, 15) is 5.11 Å². The van der Waals surface area contributed by atoms with Crippen LogP contribution in [0, 0.1) is 28.6 Å². The Labute approximate surface area is 189 Å². The molecule has 0 radical (unpaired) electrons. The fourth-order valence-electron chi connectivity index (χ4n) is 9.31. The second kappa shape index (κ2) is 7.82. The van der Waals surface area contributed by atoms with Crippen LogP contribution < -0.4 is 0 Å².